The van der Waals surface area contributed by atoms with Crippen LogP contribution in [0, 0.1) is 0 Å². The highest BCUT2D eigenvalue weighted by atomic mass is 16.6. The van der Waals surface area contributed by atoms with Gasteiger partial charge in [-0.3, -0.25) is 4.79 Å². The maximum absolute atomic E-state index is 13.5. The summed E-state index contributed by atoms with van der Waals surface area (Å²) in [5.74, 6) is 0.459. The largest absolute Gasteiger partial charge is 0.508 e. The van der Waals surface area contributed by atoms with Crippen LogP contribution in [0.3, 0.4) is 0 Å². The number of aromatic hydroxyl groups is 2. The van der Waals surface area contributed by atoms with Crippen molar-refractivity contribution in [2.24, 2.45) is 0 Å². The first-order valence-corrected chi connectivity index (χ1v) is 10.3. The van der Waals surface area contributed by atoms with E-state index in [9.17, 15) is 15.0 Å². The van der Waals surface area contributed by atoms with E-state index in [1.54, 1.807) is 18.2 Å². The summed E-state index contributed by atoms with van der Waals surface area (Å²) in [4.78, 5) is 13.5. The Labute approximate surface area is 179 Å². The second-order valence-corrected chi connectivity index (χ2v) is 9.25. The number of hydrogen-bond acceptors (Lipinski definition) is 6. The molecule has 6 heteroatoms. The van der Waals surface area contributed by atoms with Crippen molar-refractivity contribution in [3.8, 4) is 28.4 Å². The lowest BCUT2D eigenvalue weighted by atomic mass is 9.92. The summed E-state index contributed by atoms with van der Waals surface area (Å²) in [7, 11) is 0. The number of fused-ring (bicyclic) bond motifs is 2. The Morgan fingerprint density at radius 3 is 2.39 bits per heavy atom. The Hall–Kier alpha value is -3.25. The van der Waals surface area contributed by atoms with Gasteiger partial charge in [0.05, 0.1) is 22.8 Å². The minimum atomic E-state index is -0.561. The fourth-order valence-corrected chi connectivity index (χ4v) is 4.10. The molecule has 1 atom stereocenters. The van der Waals surface area contributed by atoms with E-state index in [-0.39, 0.29) is 34.0 Å². The molecule has 1 saturated heterocycles. The molecule has 160 valence electrons. The minimum Gasteiger partial charge on any atom is -0.508 e. The van der Waals surface area contributed by atoms with Crippen molar-refractivity contribution in [3.63, 3.8) is 0 Å². The molecule has 5 rings (SSSR count). The normalized spacial score (nSPS) is 20.3. The summed E-state index contributed by atoms with van der Waals surface area (Å²) in [6, 6.07) is 6.27. The zero-order chi connectivity index (χ0) is 22.1. The van der Waals surface area contributed by atoms with Crippen LogP contribution in [0.1, 0.15) is 38.8 Å². The van der Waals surface area contributed by atoms with E-state index < -0.39 is 5.60 Å². The first-order chi connectivity index (χ1) is 14.6. The van der Waals surface area contributed by atoms with Crippen molar-refractivity contribution in [1.82, 2.24) is 0 Å². The summed E-state index contributed by atoms with van der Waals surface area (Å²) < 4.78 is 18.0. The zero-order valence-corrected chi connectivity index (χ0v) is 17.9. The Bertz CT molecular complexity index is 1290. The lowest BCUT2D eigenvalue weighted by Gasteiger charge is -2.30. The Balaban J connectivity index is 1.78. The Kier molecular flexibility index (Phi) is 4.05. The maximum Gasteiger partial charge on any atom is 0.204 e. The van der Waals surface area contributed by atoms with Crippen molar-refractivity contribution in [1.29, 1.82) is 0 Å². The second kappa shape index (κ2) is 6.37. The van der Waals surface area contributed by atoms with Crippen LogP contribution in [-0.4, -0.2) is 27.5 Å². The molecule has 2 aliphatic heterocycles. The van der Waals surface area contributed by atoms with Gasteiger partial charge in [-0.1, -0.05) is 12.1 Å². The molecular formula is C25H24O6. The third-order valence-corrected chi connectivity index (χ3v) is 6.03. The zero-order valence-electron chi connectivity index (χ0n) is 17.9. The number of hydrogen-bond donors (Lipinski definition) is 2. The van der Waals surface area contributed by atoms with Crippen LogP contribution in [0.2, 0.25) is 0 Å². The van der Waals surface area contributed by atoms with E-state index in [4.69, 9.17) is 13.9 Å². The highest BCUT2D eigenvalue weighted by Crippen LogP contribution is 2.48. The molecule has 3 aromatic rings. The van der Waals surface area contributed by atoms with Crippen LogP contribution in [0.15, 0.2) is 45.8 Å². The quantitative estimate of drug-likeness (QED) is 0.593. The molecule has 6 nitrogen and oxygen atoms in total. The third-order valence-electron chi connectivity index (χ3n) is 6.03. The summed E-state index contributed by atoms with van der Waals surface area (Å²) >= 11 is 0. The highest BCUT2D eigenvalue weighted by Gasteiger charge is 2.48. The minimum absolute atomic E-state index is 0.0379. The van der Waals surface area contributed by atoms with Gasteiger partial charge in [0.15, 0.2) is 0 Å². The van der Waals surface area contributed by atoms with Gasteiger partial charge >= 0.3 is 0 Å². The van der Waals surface area contributed by atoms with Gasteiger partial charge < -0.3 is 24.1 Å². The molecule has 0 saturated carbocycles. The average Bonchev–Trinajstić information content (AvgIpc) is 3.31. The molecule has 0 bridgehead atoms. The molecule has 0 radical (unpaired) electrons. The molecule has 1 unspecified atom stereocenters. The fourth-order valence-electron chi connectivity index (χ4n) is 4.10. The maximum atomic E-state index is 13.5. The number of epoxide rings is 1. The molecule has 1 fully saturated rings. The van der Waals surface area contributed by atoms with Crippen molar-refractivity contribution >= 4 is 17.0 Å². The first kappa shape index (κ1) is 19.7. The smallest absolute Gasteiger partial charge is 0.204 e. The van der Waals surface area contributed by atoms with Crippen LogP contribution in [-0.2, 0) is 11.2 Å². The summed E-state index contributed by atoms with van der Waals surface area (Å²) in [6.45, 7) is 7.88. The van der Waals surface area contributed by atoms with Crippen LogP contribution in [0.25, 0.3) is 28.2 Å². The van der Waals surface area contributed by atoms with Gasteiger partial charge in [-0.2, -0.15) is 0 Å². The molecule has 0 amide bonds. The van der Waals surface area contributed by atoms with E-state index in [2.05, 4.69) is 0 Å². The highest BCUT2D eigenvalue weighted by molar-refractivity contribution is 5.95. The number of phenolic OH excluding ortho intramolecular Hbond substituents is 2. The van der Waals surface area contributed by atoms with Gasteiger partial charge in [-0.15, -0.1) is 0 Å². The van der Waals surface area contributed by atoms with Crippen molar-refractivity contribution in [2.45, 2.75) is 51.4 Å². The van der Waals surface area contributed by atoms with Crippen LogP contribution in [0.4, 0.5) is 0 Å². The lowest BCUT2D eigenvalue weighted by Crippen LogP contribution is -2.28. The molecular weight excluding hydrogens is 396 g/mol. The molecule has 31 heavy (non-hydrogen) atoms. The lowest BCUT2D eigenvalue weighted by molar-refractivity contribution is 0.156. The van der Waals surface area contributed by atoms with E-state index in [1.807, 2.05) is 33.8 Å². The SMILES string of the molecule is CC1(C)C=Cc2c(c(CC3OC3(C)C)c3occ(-c4ccc(O)cc4)c(=O)c3c2O)O1. The summed E-state index contributed by atoms with van der Waals surface area (Å²) in [5.41, 5.74) is 1.21. The predicted molar refractivity (Wildman–Crippen MR) is 118 cm³/mol. The second-order valence-electron chi connectivity index (χ2n) is 9.25. The molecule has 0 aliphatic carbocycles. The van der Waals surface area contributed by atoms with E-state index in [0.717, 1.165) is 0 Å². The van der Waals surface area contributed by atoms with E-state index >= 15 is 0 Å². The monoisotopic (exact) mass is 420 g/mol. The third kappa shape index (κ3) is 3.18. The Morgan fingerprint density at radius 1 is 1.06 bits per heavy atom. The van der Waals surface area contributed by atoms with Crippen molar-refractivity contribution in [3.05, 3.63) is 58.0 Å². The first-order valence-electron chi connectivity index (χ1n) is 10.3. The number of benzene rings is 2. The van der Waals surface area contributed by atoms with Crippen LogP contribution in [0.5, 0.6) is 17.2 Å². The predicted octanol–water partition coefficient (Wildman–Crippen LogP) is 4.78. The van der Waals surface area contributed by atoms with Gasteiger partial charge in [0.1, 0.15) is 40.1 Å². The molecule has 2 N–H and O–H groups in total. The molecule has 1 aromatic heterocycles. The Morgan fingerprint density at radius 2 is 1.74 bits per heavy atom. The van der Waals surface area contributed by atoms with Crippen LogP contribution >= 0.6 is 0 Å². The topological polar surface area (TPSA) is 92.4 Å². The molecule has 3 heterocycles. The van der Waals surface area contributed by atoms with Crippen LogP contribution < -0.4 is 10.2 Å². The number of phenols is 2. The molecule has 2 aliphatic rings. The number of rotatable bonds is 3. The summed E-state index contributed by atoms with van der Waals surface area (Å²) in [5, 5.41) is 20.7. The van der Waals surface area contributed by atoms with Gasteiger partial charge in [0.25, 0.3) is 0 Å². The molecule has 0 spiro atoms. The van der Waals surface area contributed by atoms with E-state index in [0.29, 0.717) is 40.0 Å². The fraction of sp³-hybridized carbons (Fsp3) is 0.320. The van der Waals surface area contributed by atoms with Crippen molar-refractivity contribution in [2.75, 3.05) is 0 Å². The van der Waals surface area contributed by atoms with Crippen molar-refractivity contribution < 1.29 is 24.1 Å². The van der Waals surface area contributed by atoms with Gasteiger partial charge in [-0.05, 0) is 57.5 Å². The van der Waals surface area contributed by atoms with E-state index in [1.165, 1.54) is 18.4 Å². The van der Waals surface area contributed by atoms with Gasteiger partial charge in [-0.25, -0.2) is 0 Å². The summed E-state index contributed by atoms with van der Waals surface area (Å²) in [6.07, 6.45) is 5.51. The van der Waals surface area contributed by atoms with Gasteiger partial charge in [0.2, 0.25) is 5.43 Å². The van der Waals surface area contributed by atoms with Gasteiger partial charge in [0, 0.05) is 12.0 Å². The average molecular weight is 420 g/mol. The standard InChI is InChI=1S/C25H24O6/c1-24(2)10-9-15-20(27)19-21(28)17(13-5-7-14(26)8-6-13)12-29-23(19)16(22(15)31-24)11-18-25(3,4)30-18/h5-10,12,18,26-27H,11H2,1-4H3. The molecule has 2 aromatic carbocycles. The number of ether oxygens (including phenoxy) is 2.